The van der Waals surface area contributed by atoms with Crippen molar-refractivity contribution in [1.29, 1.82) is 0 Å². The number of morpholine rings is 1. The van der Waals surface area contributed by atoms with E-state index in [0.717, 1.165) is 55.0 Å². The van der Waals surface area contributed by atoms with Crippen LogP contribution < -0.4 is 4.90 Å². The average Bonchev–Trinajstić information content (AvgIpc) is 3.28. The highest BCUT2D eigenvalue weighted by Crippen LogP contribution is 2.34. The molecule has 2 heterocycles. The molecule has 0 bridgehead atoms. The van der Waals surface area contributed by atoms with E-state index in [2.05, 4.69) is 4.90 Å². The number of carbonyl (C=O) groups is 1. The van der Waals surface area contributed by atoms with Gasteiger partial charge in [0.05, 0.1) is 28.4 Å². The number of nitro benzene ring substituents is 1. The van der Waals surface area contributed by atoms with Crippen LogP contribution in [0.25, 0.3) is 16.3 Å². The van der Waals surface area contributed by atoms with Crippen LogP contribution in [-0.4, -0.2) is 60.1 Å². The third-order valence-corrected chi connectivity index (χ3v) is 7.15. The van der Waals surface area contributed by atoms with Gasteiger partial charge in [-0.25, -0.2) is 4.98 Å². The largest absolute Gasteiger partial charge is 0.379 e. The molecular weight excluding hydrogens is 476 g/mol. The fraction of sp³-hybridized carbons (Fsp3) is 0.333. The first-order valence-corrected chi connectivity index (χ1v) is 12.2. The molecule has 2 aromatic carbocycles. The summed E-state index contributed by atoms with van der Waals surface area (Å²) in [6.45, 7) is 6.51. The lowest BCUT2D eigenvalue weighted by molar-refractivity contribution is -0.384. The minimum absolute atomic E-state index is 0.0181. The SMILES string of the molecule is Cc1c(Cl)ccc2sc(N(CCCN3CCOCC3)C(=O)/C=C/c3cccc([N+](=O)[O-])c3)nc12. The Kier molecular flexibility index (Phi) is 7.89. The summed E-state index contributed by atoms with van der Waals surface area (Å²) in [6, 6.07) is 9.95. The van der Waals surface area contributed by atoms with Gasteiger partial charge in [0.25, 0.3) is 11.6 Å². The number of hydrogen-bond donors (Lipinski definition) is 0. The maximum Gasteiger partial charge on any atom is 0.270 e. The first kappa shape index (κ1) is 24.3. The van der Waals surface area contributed by atoms with Gasteiger partial charge in [0.2, 0.25) is 0 Å². The molecule has 34 heavy (non-hydrogen) atoms. The summed E-state index contributed by atoms with van der Waals surface area (Å²) in [6.07, 6.45) is 3.82. The summed E-state index contributed by atoms with van der Waals surface area (Å²) in [4.78, 5) is 32.6. The van der Waals surface area contributed by atoms with E-state index in [0.29, 0.717) is 22.3 Å². The summed E-state index contributed by atoms with van der Waals surface area (Å²) < 4.78 is 6.37. The summed E-state index contributed by atoms with van der Waals surface area (Å²) in [7, 11) is 0. The molecular formula is C24H25ClN4O4S. The second-order valence-electron chi connectivity index (χ2n) is 8.00. The Morgan fingerprint density at radius 3 is 2.88 bits per heavy atom. The molecule has 1 aliphatic heterocycles. The van der Waals surface area contributed by atoms with Gasteiger partial charge in [-0.1, -0.05) is 35.1 Å². The van der Waals surface area contributed by atoms with Crippen molar-refractivity contribution in [3.05, 3.63) is 68.7 Å². The number of non-ortho nitro benzene ring substituents is 1. The van der Waals surface area contributed by atoms with E-state index in [1.165, 1.54) is 29.5 Å². The van der Waals surface area contributed by atoms with Crippen molar-refractivity contribution >= 4 is 56.0 Å². The molecule has 1 aromatic heterocycles. The molecule has 0 atom stereocenters. The van der Waals surface area contributed by atoms with Gasteiger partial charge in [0, 0.05) is 49.4 Å². The molecule has 0 saturated carbocycles. The topological polar surface area (TPSA) is 88.8 Å². The minimum atomic E-state index is -0.453. The zero-order valence-corrected chi connectivity index (χ0v) is 20.3. The van der Waals surface area contributed by atoms with E-state index in [1.807, 2.05) is 19.1 Å². The predicted molar refractivity (Wildman–Crippen MR) is 136 cm³/mol. The van der Waals surface area contributed by atoms with Gasteiger partial charge >= 0.3 is 0 Å². The zero-order valence-electron chi connectivity index (χ0n) is 18.8. The van der Waals surface area contributed by atoms with Crippen LogP contribution in [0.5, 0.6) is 0 Å². The van der Waals surface area contributed by atoms with Crippen molar-refractivity contribution in [3.8, 4) is 0 Å². The monoisotopic (exact) mass is 500 g/mol. The number of benzene rings is 2. The number of anilines is 1. The maximum absolute atomic E-state index is 13.3. The van der Waals surface area contributed by atoms with Crippen LogP contribution in [0.3, 0.4) is 0 Å². The second kappa shape index (κ2) is 11.1. The van der Waals surface area contributed by atoms with Crippen molar-refractivity contribution in [3.63, 3.8) is 0 Å². The molecule has 0 aliphatic carbocycles. The Bertz CT molecular complexity index is 1220. The lowest BCUT2D eigenvalue weighted by Gasteiger charge is -2.27. The summed E-state index contributed by atoms with van der Waals surface area (Å²) >= 11 is 7.72. The number of halogens is 1. The van der Waals surface area contributed by atoms with Gasteiger partial charge < -0.3 is 4.74 Å². The molecule has 4 rings (SSSR count). The average molecular weight is 501 g/mol. The third-order valence-electron chi connectivity index (χ3n) is 5.69. The van der Waals surface area contributed by atoms with E-state index in [9.17, 15) is 14.9 Å². The van der Waals surface area contributed by atoms with Gasteiger partial charge in [-0.15, -0.1) is 0 Å². The standard InChI is InChI=1S/C24H25ClN4O4S/c1-17-20(25)7-8-21-23(17)26-24(34-21)28(11-3-10-27-12-14-33-15-13-27)22(30)9-6-18-4-2-5-19(16-18)29(31)32/h2,4-9,16H,3,10-15H2,1H3/b9-6+. The maximum atomic E-state index is 13.3. The van der Waals surface area contributed by atoms with Crippen LogP contribution >= 0.6 is 22.9 Å². The van der Waals surface area contributed by atoms with E-state index in [1.54, 1.807) is 23.1 Å². The minimum Gasteiger partial charge on any atom is -0.379 e. The number of nitro groups is 1. The summed E-state index contributed by atoms with van der Waals surface area (Å²) in [5, 5.41) is 12.3. The van der Waals surface area contributed by atoms with Crippen LogP contribution in [0.15, 0.2) is 42.5 Å². The number of ether oxygens (including phenoxy) is 1. The van der Waals surface area contributed by atoms with Gasteiger partial charge in [-0.05, 0) is 42.7 Å². The Hall–Kier alpha value is -2.85. The highest BCUT2D eigenvalue weighted by molar-refractivity contribution is 7.22. The number of aryl methyl sites for hydroxylation is 1. The molecule has 178 valence electrons. The van der Waals surface area contributed by atoms with Crippen molar-refractivity contribution < 1.29 is 14.5 Å². The fourth-order valence-electron chi connectivity index (χ4n) is 3.78. The van der Waals surface area contributed by atoms with E-state index in [4.69, 9.17) is 21.3 Å². The number of hydrogen-bond acceptors (Lipinski definition) is 7. The van der Waals surface area contributed by atoms with Crippen LogP contribution in [0.2, 0.25) is 5.02 Å². The van der Waals surface area contributed by atoms with E-state index in [-0.39, 0.29) is 11.6 Å². The molecule has 1 saturated heterocycles. The van der Waals surface area contributed by atoms with Crippen molar-refractivity contribution in [1.82, 2.24) is 9.88 Å². The first-order valence-electron chi connectivity index (χ1n) is 11.0. The number of aromatic nitrogens is 1. The Labute approximate surface area is 206 Å². The zero-order chi connectivity index (χ0) is 24.1. The van der Waals surface area contributed by atoms with E-state index >= 15 is 0 Å². The normalized spacial score (nSPS) is 14.6. The van der Waals surface area contributed by atoms with Crippen molar-refractivity contribution in [2.24, 2.45) is 0 Å². The molecule has 1 fully saturated rings. The Morgan fingerprint density at radius 1 is 1.32 bits per heavy atom. The number of amides is 1. The number of fused-ring (bicyclic) bond motifs is 1. The fourth-order valence-corrected chi connectivity index (χ4v) is 4.99. The summed E-state index contributed by atoms with van der Waals surface area (Å²) in [5.41, 5.74) is 2.24. The number of rotatable bonds is 8. The lowest BCUT2D eigenvalue weighted by atomic mass is 10.2. The first-order chi connectivity index (χ1) is 16.4. The van der Waals surface area contributed by atoms with Crippen molar-refractivity contribution in [2.75, 3.05) is 44.3 Å². The lowest BCUT2D eigenvalue weighted by Crippen LogP contribution is -2.39. The van der Waals surface area contributed by atoms with Crippen LogP contribution in [0.4, 0.5) is 10.8 Å². The molecule has 1 aliphatic rings. The quantitative estimate of drug-likeness (QED) is 0.247. The number of thiazole rings is 1. The van der Waals surface area contributed by atoms with Crippen LogP contribution in [0.1, 0.15) is 17.5 Å². The molecule has 0 radical (unpaired) electrons. The number of nitrogens with zero attached hydrogens (tertiary/aromatic N) is 4. The molecule has 0 unspecified atom stereocenters. The van der Waals surface area contributed by atoms with Gasteiger partial charge in [-0.3, -0.25) is 24.7 Å². The Morgan fingerprint density at radius 2 is 2.12 bits per heavy atom. The molecule has 8 nitrogen and oxygen atoms in total. The van der Waals surface area contributed by atoms with Gasteiger partial charge in [0.15, 0.2) is 5.13 Å². The Balaban J connectivity index is 1.56. The van der Waals surface area contributed by atoms with Crippen LogP contribution in [0, 0.1) is 17.0 Å². The molecule has 1 amide bonds. The molecule has 0 spiro atoms. The number of carbonyl (C=O) groups excluding carboxylic acids is 1. The van der Waals surface area contributed by atoms with Gasteiger partial charge in [-0.2, -0.15) is 0 Å². The smallest absolute Gasteiger partial charge is 0.270 e. The molecule has 0 N–H and O–H groups in total. The van der Waals surface area contributed by atoms with Crippen molar-refractivity contribution in [2.45, 2.75) is 13.3 Å². The second-order valence-corrected chi connectivity index (χ2v) is 9.41. The highest BCUT2D eigenvalue weighted by atomic mass is 35.5. The predicted octanol–water partition coefficient (Wildman–Crippen LogP) is 4.94. The molecule has 10 heteroatoms. The van der Waals surface area contributed by atoms with E-state index < -0.39 is 4.92 Å². The third kappa shape index (κ3) is 5.79. The highest BCUT2D eigenvalue weighted by Gasteiger charge is 2.20. The molecule has 3 aromatic rings. The summed E-state index contributed by atoms with van der Waals surface area (Å²) in [5.74, 6) is -0.226. The van der Waals surface area contributed by atoms with Gasteiger partial charge in [0.1, 0.15) is 0 Å². The van der Waals surface area contributed by atoms with Crippen LogP contribution in [-0.2, 0) is 9.53 Å².